The molecule has 0 bridgehead atoms. The van der Waals surface area contributed by atoms with Crippen LogP contribution in [0.4, 0.5) is 5.69 Å². The minimum absolute atomic E-state index is 0.117. The molecule has 0 fully saturated rings. The third kappa shape index (κ3) is 3.16. The van der Waals surface area contributed by atoms with Crippen molar-refractivity contribution in [1.82, 2.24) is 4.90 Å². The Kier molecular flexibility index (Phi) is 4.36. The summed E-state index contributed by atoms with van der Waals surface area (Å²) in [5, 5.41) is 3.19. The quantitative estimate of drug-likeness (QED) is 0.872. The van der Waals surface area contributed by atoms with Crippen LogP contribution in [0.3, 0.4) is 0 Å². The van der Waals surface area contributed by atoms with Gasteiger partial charge in [-0.3, -0.25) is 19.3 Å². The topological polar surface area (TPSA) is 66.5 Å². The van der Waals surface area contributed by atoms with Gasteiger partial charge in [0.2, 0.25) is 11.8 Å². The van der Waals surface area contributed by atoms with Crippen LogP contribution in [0, 0.1) is 6.92 Å². The average molecular weight is 343 g/mol. The molecule has 1 aliphatic heterocycles. The van der Waals surface area contributed by atoms with Crippen molar-refractivity contribution in [2.24, 2.45) is 0 Å². The number of amides is 3. The van der Waals surface area contributed by atoms with E-state index in [1.807, 2.05) is 6.92 Å². The largest absolute Gasteiger partial charge is 0.324 e. The number of carbonyl (C=O) groups excluding carboxylic acids is 3. The van der Waals surface area contributed by atoms with E-state index in [0.29, 0.717) is 21.8 Å². The van der Waals surface area contributed by atoms with E-state index in [2.05, 4.69) is 5.32 Å². The highest BCUT2D eigenvalue weighted by Crippen LogP contribution is 2.21. The van der Waals surface area contributed by atoms with Crippen molar-refractivity contribution in [3.05, 3.63) is 64.2 Å². The summed E-state index contributed by atoms with van der Waals surface area (Å²) in [6.07, 6.45) is 0.117. The molecule has 0 spiro atoms. The molecule has 1 heterocycles. The zero-order valence-electron chi connectivity index (χ0n) is 13.0. The summed E-state index contributed by atoms with van der Waals surface area (Å²) < 4.78 is 0. The predicted octanol–water partition coefficient (Wildman–Crippen LogP) is 2.81. The summed E-state index contributed by atoms with van der Waals surface area (Å²) in [5.74, 6) is -1.27. The maximum atomic E-state index is 12.4. The standard InChI is InChI=1S/C18H15ClN2O3/c1-11-6-7-13(9-15(11)19)20-16(22)10-21-17(23)8-12-4-2-3-5-14(12)18(21)24/h2-7,9H,8,10H2,1H3,(H,20,22). The van der Waals surface area contributed by atoms with Gasteiger partial charge in [0, 0.05) is 16.3 Å². The lowest BCUT2D eigenvalue weighted by molar-refractivity contribution is -0.131. The summed E-state index contributed by atoms with van der Waals surface area (Å²) in [7, 11) is 0. The normalized spacial score (nSPS) is 13.7. The lowest BCUT2D eigenvalue weighted by atomic mass is 9.98. The number of anilines is 1. The second-order valence-electron chi connectivity index (χ2n) is 5.63. The fourth-order valence-electron chi connectivity index (χ4n) is 2.57. The van der Waals surface area contributed by atoms with E-state index >= 15 is 0 Å². The number of fused-ring (bicyclic) bond motifs is 1. The second kappa shape index (κ2) is 6.45. The molecule has 0 aliphatic carbocycles. The Morgan fingerprint density at radius 3 is 2.71 bits per heavy atom. The van der Waals surface area contributed by atoms with Crippen LogP contribution < -0.4 is 5.32 Å². The van der Waals surface area contributed by atoms with Crippen LogP contribution in [0.15, 0.2) is 42.5 Å². The Hall–Kier alpha value is -2.66. The number of hydrogen-bond donors (Lipinski definition) is 1. The summed E-state index contributed by atoms with van der Waals surface area (Å²) in [6, 6.07) is 12.1. The Balaban J connectivity index is 1.73. The lowest BCUT2D eigenvalue weighted by Gasteiger charge is -2.26. The minimum Gasteiger partial charge on any atom is -0.324 e. The molecule has 5 nitrogen and oxygen atoms in total. The molecule has 0 aromatic heterocycles. The van der Waals surface area contributed by atoms with E-state index in [1.54, 1.807) is 42.5 Å². The highest BCUT2D eigenvalue weighted by molar-refractivity contribution is 6.31. The molecule has 0 radical (unpaired) electrons. The van der Waals surface area contributed by atoms with Gasteiger partial charge in [-0.2, -0.15) is 0 Å². The van der Waals surface area contributed by atoms with E-state index < -0.39 is 11.8 Å². The smallest absolute Gasteiger partial charge is 0.261 e. The molecular formula is C18H15ClN2O3. The first kappa shape index (κ1) is 16.2. The molecule has 0 atom stereocenters. The molecule has 122 valence electrons. The van der Waals surface area contributed by atoms with Crippen LogP contribution in [-0.4, -0.2) is 29.2 Å². The van der Waals surface area contributed by atoms with Crippen LogP contribution in [0.1, 0.15) is 21.5 Å². The number of halogens is 1. The Labute approximate surface area is 144 Å². The molecule has 0 unspecified atom stereocenters. The van der Waals surface area contributed by atoms with Crippen LogP contribution in [0.5, 0.6) is 0 Å². The third-order valence-electron chi connectivity index (χ3n) is 3.89. The van der Waals surface area contributed by atoms with Gasteiger partial charge in [0.1, 0.15) is 6.54 Å². The van der Waals surface area contributed by atoms with Crippen molar-refractivity contribution in [2.75, 3.05) is 11.9 Å². The maximum absolute atomic E-state index is 12.4. The minimum atomic E-state index is -0.448. The number of nitrogens with zero attached hydrogens (tertiary/aromatic N) is 1. The van der Waals surface area contributed by atoms with Crippen LogP contribution in [-0.2, 0) is 16.0 Å². The molecule has 1 aliphatic rings. The molecule has 0 saturated heterocycles. The van der Waals surface area contributed by atoms with Crippen molar-refractivity contribution < 1.29 is 14.4 Å². The van der Waals surface area contributed by atoms with Crippen molar-refractivity contribution in [2.45, 2.75) is 13.3 Å². The fourth-order valence-corrected chi connectivity index (χ4v) is 2.76. The summed E-state index contributed by atoms with van der Waals surface area (Å²) >= 11 is 6.02. The number of nitrogens with one attached hydrogen (secondary N) is 1. The molecular weight excluding hydrogens is 328 g/mol. The molecule has 3 amide bonds. The summed E-state index contributed by atoms with van der Waals surface area (Å²) in [5.41, 5.74) is 2.57. The highest BCUT2D eigenvalue weighted by Gasteiger charge is 2.31. The molecule has 6 heteroatoms. The van der Waals surface area contributed by atoms with Crippen molar-refractivity contribution in [1.29, 1.82) is 0 Å². The van der Waals surface area contributed by atoms with Crippen LogP contribution in [0.2, 0.25) is 5.02 Å². The lowest BCUT2D eigenvalue weighted by Crippen LogP contribution is -2.46. The van der Waals surface area contributed by atoms with Gasteiger partial charge in [0.05, 0.1) is 6.42 Å². The molecule has 0 saturated carbocycles. The molecule has 2 aromatic carbocycles. The van der Waals surface area contributed by atoms with Gasteiger partial charge >= 0.3 is 0 Å². The first-order chi connectivity index (χ1) is 11.5. The molecule has 1 N–H and O–H groups in total. The van der Waals surface area contributed by atoms with Gasteiger partial charge in [-0.15, -0.1) is 0 Å². The summed E-state index contributed by atoms with van der Waals surface area (Å²) in [4.78, 5) is 37.7. The van der Waals surface area contributed by atoms with Gasteiger partial charge in [-0.25, -0.2) is 0 Å². The Bertz CT molecular complexity index is 848. The predicted molar refractivity (Wildman–Crippen MR) is 91.0 cm³/mol. The monoisotopic (exact) mass is 342 g/mol. The van der Waals surface area contributed by atoms with Crippen LogP contribution >= 0.6 is 11.6 Å². The van der Waals surface area contributed by atoms with Gasteiger partial charge in [-0.05, 0) is 36.2 Å². The molecule has 24 heavy (non-hydrogen) atoms. The number of benzene rings is 2. The first-order valence-corrected chi connectivity index (χ1v) is 7.82. The zero-order chi connectivity index (χ0) is 17.3. The van der Waals surface area contributed by atoms with Crippen molar-refractivity contribution in [3.8, 4) is 0 Å². The molecule has 2 aromatic rings. The maximum Gasteiger partial charge on any atom is 0.261 e. The second-order valence-corrected chi connectivity index (χ2v) is 6.04. The number of rotatable bonds is 3. The number of imide groups is 1. The van der Waals surface area contributed by atoms with E-state index in [4.69, 9.17) is 11.6 Å². The van der Waals surface area contributed by atoms with Gasteiger partial charge in [-0.1, -0.05) is 35.9 Å². The zero-order valence-corrected chi connectivity index (χ0v) is 13.8. The Morgan fingerprint density at radius 1 is 1.21 bits per heavy atom. The van der Waals surface area contributed by atoms with E-state index in [1.165, 1.54) is 0 Å². The van der Waals surface area contributed by atoms with E-state index in [9.17, 15) is 14.4 Å². The van der Waals surface area contributed by atoms with E-state index in [-0.39, 0.29) is 18.9 Å². The van der Waals surface area contributed by atoms with Crippen molar-refractivity contribution >= 4 is 35.0 Å². The number of aryl methyl sites for hydroxylation is 1. The third-order valence-corrected chi connectivity index (χ3v) is 4.30. The fraction of sp³-hybridized carbons (Fsp3) is 0.167. The number of carbonyl (C=O) groups is 3. The highest BCUT2D eigenvalue weighted by atomic mass is 35.5. The van der Waals surface area contributed by atoms with E-state index in [0.717, 1.165) is 10.5 Å². The van der Waals surface area contributed by atoms with Gasteiger partial charge in [0.15, 0.2) is 0 Å². The van der Waals surface area contributed by atoms with Crippen molar-refractivity contribution in [3.63, 3.8) is 0 Å². The SMILES string of the molecule is Cc1ccc(NC(=O)CN2C(=O)Cc3ccccc3C2=O)cc1Cl. The van der Waals surface area contributed by atoms with Gasteiger partial charge < -0.3 is 5.32 Å². The Morgan fingerprint density at radius 2 is 1.96 bits per heavy atom. The van der Waals surface area contributed by atoms with Gasteiger partial charge in [0.25, 0.3) is 5.91 Å². The molecule has 3 rings (SSSR count). The average Bonchev–Trinajstić information content (AvgIpc) is 2.55. The van der Waals surface area contributed by atoms with Crippen LogP contribution in [0.25, 0.3) is 0 Å². The number of hydrogen-bond acceptors (Lipinski definition) is 3. The first-order valence-electron chi connectivity index (χ1n) is 7.44. The summed E-state index contributed by atoms with van der Waals surface area (Å²) in [6.45, 7) is 1.54.